The molecule has 2 aromatic rings. The van der Waals surface area contributed by atoms with E-state index in [1.54, 1.807) is 11.9 Å². The summed E-state index contributed by atoms with van der Waals surface area (Å²) in [5, 5.41) is 5.09. The van der Waals surface area contributed by atoms with E-state index in [9.17, 15) is 9.59 Å². The lowest BCUT2D eigenvalue weighted by Crippen LogP contribution is -2.47. The standard InChI is InChI=1S/C14H18N4O2S/c1-18(14(20)10-4-2-3-6-15-10)8-11-16-9-5-7-21-12(9)13(19)17-11/h5,7,10,15H,2-4,6,8H2,1H3,(H,16,17,19). The van der Waals surface area contributed by atoms with Crippen LogP contribution >= 0.6 is 11.3 Å². The molecule has 7 heteroatoms. The van der Waals surface area contributed by atoms with Crippen LogP contribution in [0.25, 0.3) is 10.2 Å². The van der Waals surface area contributed by atoms with Crippen LogP contribution in [0.3, 0.4) is 0 Å². The van der Waals surface area contributed by atoms with Crippen molar-refractivity contribution in [3.8, 4) is 0 Å². The molecule has 0 aliphatic carbocycles. The molecule has 6 nitrogen and oxygen atoms in total. The van der Waals surface area contributed by atoms with Crippen LogP contribution in [-0.2, 0) is 11.3 Å². The maximum Gasteiger partial charge on any atom is 0.268 e. The lowest BCUT2D eigenvalue weighted by atomic mass is 10.0. The van der Waals surface area contributed by atoms with Crippen molar-refractivity contribution in [3.05, 3.63) is 27.6 Å². The number of aromatic amines is 1. The van der Waals surface area contributed by atoms with Crippen molar-refractivity contribution in [2.75, 3.05) is 13.6 Å². The molecule has 0 bridgehead atoms. The fourth-order valence-electron chi connectivity index (χ4n) is 2.63. The Morgan fingerprint density at radius 3 is 3.14 bits per heavy atom. The van der Waals surface area contributed by atoms with Crippen LogP contribution in [-0.4, -0.2) is 40.4 Å². The van der Waals surface area contributed by atoms with Gasteiger partial charge in [-0.1, -0.05) is 6.42 Å². The summed E-state index contributed by atoms with van der Waals surface area (Å²) in [5.41, 5.74) is 0.553. The minimum Gasteiger partial charge on any atom is -0.337 e. The van der Waals surface area contributed by atoms with E-state index in [4.69, 9.17) is 0 Å². The monoisotopic (exact) mass is 306 g/mol. The number of fused-ring (bicyclic) bond motifs is 1. The Morgan fingerprint density at radius 2 is 2.38 bits per heavy atom. The first-order valence-electron chi connectivity index (χ1n) is 7.10. The largest absolute Gasteiger partial charge is 0.337 e. The van der Waals surface area contributed by atoms with Crippen molar-refractivity contribution < 1.29 is 4.79 Å². The minimum atomic E-state index is -0.137. The molecule has 1 amide bonds. The number of nitrogens with zero attached hydrogens (tertiary/aromatic N) is 2. The van der Waals surface area contributed by atoms with Gasteiger partial charge in [-0.25, -0.2) is 4.98 Å². The van der Waals surface area contributed by atoms with Crippen LogP contribution in [0.15, 0.2) is 16.2 Å². The highest BCUT2D eigenvalue weighted by atomic mass is 32.1. The molecule has 3 rings (SSSR count). The zero-order valence-electron chi connectivity index (χ0n) is 11.9. The number of amides is 1. The summed E-state index contributed by atoms with van der Waals surface area (Å²) < 4.78 is 0.627. The molecule has 1 atom stereocenters. The van der Waals surface area contributed by atoms with Crippen molar-refractivity contribution >= 4 is 27.5 Å². The second-order valence-electron chi connectivity index (χ2n) is 5.34. The first-order chi connectivity index (χ1) is 10.1. The first-order valence-corrected chi connectivity index (χ1v) is 7.98. The third-order valence-corrected chi connectivity index (χ3v) is 4.64. The second-order valence-corrected chi connectivity index (χ2v) is 6.26. The van der Waals surface area contributed by atoms with Crippen LogP contribution in [0.5, 0.6) is 0 Å². The summed E-state index contributed by atoms with van der Waals surface area (Å²) in [6.07, 6.45) is 3.07. The van der Waals surface area contributed by atoms with E-state index in [2.05, 4.69) is 15.3 Å². The highest BCUT2D eigenvalue weighted by Crippen LogP contribution is 2.14. The highest BCUT2D eigenvalue weighted by molar-refractivity contribution is 7.17. The average molecular weight is 306 g/mol. The van der Waals surface area contributed by atoms with Crippen LogP contribution in [0.2, 0.25) is 0 Å². The van der Waals surface area contributed by atoms with Gasteiger partial charge in [0, 0.05) is 7.05 Å². The zero-order chi connectivity index (χ0) is 14.8. The van der Waals surface area contributed by atoms with Gasteiger partial charge in [0.05, 0.1) is 18.1 Å². The Labute approximate surface area is 126 Å². The summed E-state index contributed by atoms with van der Waals surface area (Å²) in [6.45, 7) is 1.21. The number of carbonyl (C=O) groups is 1. The number of thiophene rings is 1. The SMILES string of the molecule is CN(Cc1nc2ccsc2c(=O)[nH]1)C(=O)C1CCCCN1. The van der Waals surface area contributed by atoms with E-state index in [0.717, 1.165) is 25.8 Å². The molecule has 112 valence electrons. The Bertz CT molecular complexity index is 702. The summed E-state index contributed by atoms with van der Waals surface area (Å²) in [4.78, 5) is 33.0. The molecule has 1 aliphatic heterocycles. The van der Waals surface area contributed by atoms with Crippen molar-refractivity contribution in [3.63, 3.8) is 0 Å². The van der Waals surface area contributed by atoms with E-state index in [1.807, 2.05) is 11.4 Å². The van der Waals surface area contributed by atoms with Gasteiger partial charge in [0.2, 0.25) is 5.91 Å². The molecule has 1 unspecified atom stereocenters. The predicted octanol–water partition coefficient (Wildman–Crippen LogP) is 1.09. The van der Waals surface area contributed by atoms with E-state index < -0.39 is 0 Å². The van der Waals surface area contributed by atoms with Crippen molar-refractivity contribution in [2.24, 2.45) is 0 Å². The number of likely N-dealkylation sites (N-methyl/N-ethyl adjacent to an activating group) is 1. The van der Waals surface area contributed by atoms with Gasteiger partial charge in [-0.15, -0.1) is 11.3 Å². The topological polar surface area (TPSA) is 78.1 Å². The van der Waals surface area contributed by atoms with Gasteiger partial charge in [0.1, 0.15) is 10.5 Å². The molecule has 1 fully saturated rings. The molecular weight excluding hydrogens is 288 g/mol. The van der Waals surface area contributed by atoms with Crippen molar-refractivity contribution in [1.29, 1.82) is 0 Å². The van der Waals surface area contributed by atoms with E-state index in [-0.39, 0.29) is 17.5 Å². The van der Waals surface area contributed by atoms with E-state index >= 15 is 0 Å². The molecule has 2 N–H and O–H groups in total. The summed E-state index contributed by atoms with van der Waals surface area (Å²) in [7, 11) is 1.75. The normalized spacial score (nSPS) is 18.8. The molecule has 0 spiro atoms. The molecule has 2 aromatic heterocycles. The quantitative estimate of drug-likeness (QED) is 0.889. The van der Waals surface area contributed by atoms with Crippen molar-refractivity contribution in [1.82, 2.24) is 20.2 Å². The number of aromatic nitrogens is 2. The summed E-state index contributed by atoms with van der Waals surface area (Å²) in [5.74, 6) is 0.584. The Morgan fingerprint density at radius 1 is 1.52 bits per heavy atom. The number of nitrogens with one attached hydrogen (secondary N) is 2. The fraction of sp³-hybridized carbons (Fsp3) is 0.500. The maximum atomic E-state index is 12.3. The van der Waals surface area contributed by atoms with Gasteiger partial charge < -0.3 is 15.2 Å². The van der Waals surface area contributed by atoms with Crippen LogP contribution in [0.4, 0.5) is 0 Å². The third kappa shape index (κ3) is 2.98. The van der Waals surface area contributed by atoms with Crippen LogP contribution < -0.4 is 10.9 Å². The van der Waals surface area contributed by atoms with Gasteiger partial charge in [0.15, 0.2) is 0 Å². The van der Waals surface area contributed by atoms with E-state index in [0.29, 0.717) is 22.6 Å². The predicted molar refractivity (Wildman–Crippen MR) is 82.4 cm³/mol. The van der Waals surface area contributed by atoms with Crippen LogP contribution in [0, 0.1) is 0 Å². The minimum absolute atomic E-state index is 0.0581. The molecule has 3 heterocycles. The summed E-state index contributed by atoms with van der Waals surface area (Å²) in [6, 6.07) is 1.71. The molecule has 0 radical (unpaired) electrons. The molecular formula is C14H18N4O2S. The average Bonchev–Trinajstić information content (AvgIpc) is 2.96. The second kappa shape index (κ2) is 5.95. The Hall–Kier alpha value is -1.73. The first kappa shape index (κ1) is 14.2. The van der Waals surface area contributed by atoms with Crippen LogP contribution in [0.1, 0.15) is 25.1 Å². The van der Waals surface area contributed by atoms with E-state index in [1.165, 1.54) is 11.3 Å². The Balaban J connectivity index is 1.74. The molecule has 1 saturated heterocycles. The fourth-order valence-corrected chi connectivity index (χ4v) is 3.35. The van der Waals surface area contributed by atoms with Gasteiger partial charge >= 0.3 is 0 Å². The third-order valence-electron chi connectivity index (χ3n) is 3.74. The van der Waals surface area contributed by atoms with Gasteiger partial charge in [-0.2, -0.15) is 0 Å². The number of hydrogen-bond donors (Lipinski definition) is 2. The molecule has 1 aliphatic rings. The van der Waals surface area contributed by atoms with Gasteiger partial charge in [-0.05, 0) is 30.8 Å². The molecule has 0 saturated carbocycles. The number of carbonyl (C=O) groups excluding carboxylic acids is 1. The smallest absolute Gasteiger partial charge is 0.268 e. The highest BCUT2D eigenvalue weighted by Gasteiger charge is 2.24. The van der Waals surface area contributed by atoms with Crippen molar-refractivity contribution in [2.45, 2.75) is 31.8 Å². The number of piperidine rings is 1. The number of H-pyrrole nitrogens is 1. The molecule has 21 heavy (non-hydrogen) atoms. The zero-order valence-corrected chi connectivity index (χ0v) is 12.7. The summed E-state index contributed by atoms with van der Waals surface area (Å²) >= 11 is 1.37. The lowest BCUT2D eigenvalue weighted by Gasteiger charge is -2.27. The lowest BCUT2D eigenvalue weighted by molar-refractivity contribution is -0.133. The molecule has 0 aromatic carbocycles. The number of hydrogen-bond acceptors (Lipinski definition) is 5. The Kier molecular flexibility index (Phi) is 4.03. The van der Waals surface area contributed by atoms with Gasteiger partial charge in [0.25, 0.3) is 5.56 Å². The maximum absolute atomic E-state index is 12.3. The van der Waals surface area contributed by atoms with Gasteiger partial charge in [-0.3, -0.25) is 9.59 Å². The number of rotatable bonds is 3.